The lowest BCUT2D eigenvalue weighted by atomic mass is 9.98. The monoisotopic (exact) mass is 578 g/mol. The molecule has 2 aromatic heterocycles. The van der Waals surface area contributed by atoms with Crippen molar-refractivity contribution in [2.24, 2.45) is 0 Å². The molecular weight excluding hydrogens is 544 g/mol. The van der Waals surface area contributed by atoms with E-state index in [9.17, 15) is 39.6 Å². The van der Waals surface area contributed by atoms with Gasteiger partial charge in [0, 0.05) is 25.7 Å². The first-order valence-corrected chi connectivity index (χ1v) is 13.3. The second kappa shape index (κ2) is 14.8. The van der Waals surface area contributed by atoms with Crippen LogP contribution in [0.4, 0.5) is 0 Å². The first-order chi connectivity index (χ1) is 19.9. The summed E-state index contributed by atoms with van der Waals surface area (Å²) in [7, 11) is 0. The van der Waals surface area contributed by atoms with Crippen LogP contribution in [0.2, 0.25) is 0 Å². The van der Waals surface area contributed by atoms with Gasteiger partial charge in [-0.1, -0.05) is 50.2 Å². The number of aromatic nitrogens is 2. The summed E-state index contributed by atoms with van der Waals surface area (Å²) in [4.78, 5) is 58.2. The van der Waals surface area contributed by atoms with E-state index in [4.69, 9.17) is 0 Å². The number of hydrogen-bond donors (Lipinski definition) is 4. The van der Waals surface area contributed by atoms with Gasteiger partial charge in [-0.25, -0.2) is 19.6 Å². The maximum absolute atomic E-state index is 12.0. The second-order valence-electron chi connectivity index (χ2n) is 10.3. The molecule has 4 N–H and O–H groups in total. The number of rotatable bonds is 16. The molecule has 12 heteroatoms. The van der Waals surface area contributed by atoms with Crippen LogP contribution >= 0.6 is 0 Å². The van der Waals surface area contributed by atoms with Crippen molar-refractivity contribution in [3.63, 3.8) is 0 Å². The van der Waals surface area contributed by atoms with Gasteiger partial charge in [0.1, 0.15) is 11.4 Å². The molecule has 0 amide bonds. The number of carboxylic acid groups (broad SMARTS) is 4. The van der Waals surface area contributed by atoms with E-state index in [2.05, 4.69) is 23.8 Å². The molecule has 0 aliphatic heterocycles. The predicted molar refractivity (Wildman–Crippen MR) is 151 cm³/mol. The third kappa shape index (κ3) is 9.75. The molecule has 12 nitrogen and oxygen atoms in total. The Morgan fingerprint density at radius 2 is 1.24 bits per heavy atom. The Balaban J connectivity index is 1.99. The Labute approximate surface area is 242 Å². The number of aliphatic carboxylic acids is 2. The summed E-state index contributed by atoms with van der Waals surface area (Å²) in [5.41, 5.74) is 2.35. The van der Waals surface area contributed by atoms with Crippen LogP contribution < -0.4 is 0 Å². The predicted octanol–water partition coefficient (Wildman–Crippen LogP) is 3.08. The fourth-order valence-electron chi connectivity index (χ4n) is 4.59. The molecule has 0 aliphatic carbocycles. The Kier molecular flexibility index (Phi) is 11.2. The molecule has 0 saturated heterocycles. The molecule has 222 valence electrons. The molecule has 42 heavy (non-hydrogen) atoms. The smallest absolute Gasteiger partial charge is 0.354 e. The zero-order chi connectivity index (χ0) is 30.8. The van der Waals surface area contributed by atoms with Crippen LogP contribution in [0.5, 0.6) is 0 Å². The van der Waals surface area contributed by atoms with Gasteiger partial charge in [0.2, 0.25) is 0 Å². The first-order valence-electron chi connectivity index (χ1n) is 13.3. The van der Waals surface area contributed by atoms with Crippen LogP contribution in [0, 0.1) is 0 Å². The summed E-state index contributed by atoms with van der Waals surface area (Å²) in [6, 6.07) is 16.3. The number of carbonyl (C=O) groups is 4. The van der Waals surface area contributed by atoms with Gasteiger partial charge in [-0.2, -0.15) is 0 Å². The Bertz CT molecular complexity index is 1410. The zero-order valence-electron chi connectivity index (χ0n) is 23.4. The minimum atomic E-state index is -1.22. The summed E-state index contributed by atoms with van der Waals surface area (Å²) in [5, 5.41) is 38.2. The highest BCUT2D eigenvalue weighted by atomic mass is 16.4. The molecule has 2 heterocycles. The van der Waals surface area contributed by atoms with Crippen LogP contribution in [-0.4, -0.2) is 89.7 Å². The van der Waals surface area contributed by atoms with E-state index < -0.39 is 43.0 Å². The normalized spacial score (nSPS) is 12.0. The van der Waals surface area contributed by atoms with Gasteiger partial charge in [-0.15, -0.1) is 0 Å². The Hall–Kier alpha value is -4.68. The second-order valence-corrected chi connectivity index (χ2v) is 10.3. The van der Waals surface area contributed by atoms with E-state index in [1.165, 1.54) is 24.3 Å². The third-order valence-corrected chi connectivity index (χ3v) is 6.60. The van der Waals surface area contributed by atoms with E-state index in [1.54, 1.807) is 21.9 Å². The van der Waals surface area contributed by atoms with E-state index in [1.807, 2.05) is 24.3 Å². The lowest BCUT2D eigenvalue weighted by Crippen LogP contribution is -2.48. The van der Waals surface area contributed by atoms with Gasteiger partial charge < -0.3 is 20.4 Å². The number of carboxylic acids is 4. The van der Waals surface area contributed by atoms with Crippen molar-refractivity contribution < 1.29 is 39.6 Å². The third-order valence-electron chi connectivity index (χ3n) is 6.60. The molecule has 0 aliphatic rings. The van der Waals surface area contributed by atoms with Crippen LogP contribution in [0.3, 0.4) is 0 Å². The summed E-state index contributed by atoms with van der Waals surface area (Å²) in [6.45, 7) is 3.41. The van der Waals surface area contributed by atoms with Crippen molar-refractivity contribution in [2.45, 2.75) is 45.3 Å². The molecule has 0 unspecified atom stereocenters. The molecule has 0 bridgehead atoms. The van der Waals surface area contributed by atoms with Gasteiger partial charge in [0.25, 0.3) is 0 Å². The van der Waals surface area contributed by atoms with Crippen LogP contribution in [0.15, 0.2) is 60.7 Å². The fourth-order valence-corrected chi connectivity index (χ4v) is 4.59. The number of hydrogen-bond acceptors (Lipinski definition) is 8. The molecule has 1 atom stereocenters. The molecule has 3 rings (SSSR count). The number of nitrogens with zero attached hydrogens (tertiary/aromatic N) is 4. The van der Waals surface area contributed by atoms with Crippen molar-refractivity contribution in [1.82, 2.24) is 19.8 Å². The molecular formula is C30H34N4O8. The summed E-state index contributed by atoms with van der Waals surface area (Å²) < 4.78 is 0. The summed E-state index contributed by atoms with van der Waals surface area (Å²) in [5.74, 6) is -4.36. The molecule has 0 spiro atoms. The average molecular weight is 579 g/mol. The molecule has 3 aromatic rings. The van der Waals surface area contributed by atoms with Crippen LogP contribution in [-0.2, 0) is 29.1 Å². The summed E-state index contributed by atoms with van der Waals surface area (Å²) >= 11 is 0. The SMILES string of the molecule is CC(C)c1ccc(C[C@@H](CN(CC(=O)O)Cc2cccc(C(=O)O)n2)N(CC(=O)O)Cc2cccc(C(=O)O)n2)cc1. The van der Waals surface area contributed by atoms with Gasteiger partial charge in [-0.05, 0) is 47.7 Å². The molecule has 1 aromatic carbocycles. The van der Waals surface area contributed by atoms with E-state index in [0.717, 1.165) is 11.1 Å². The highest BCUT2D eigenvalue weighted by Gasteiger charge is 2.26. The van der Waals surface area contributed by atoms with E-state index in [-0.39, 0.29) is 31.0 Å². The van der Waals surface area contributed by atoms with Crippen molar-refractivity contribution >= 4 is 23.9 Å². The van der Waals surface area contributed by atoms with Gasteiger partial charge in [0.15, 0.2) is 0 Å². The Morgan fingerprint density at radius 3 is 1.71 bits per heavy atom. The van der Waals surface area contributed by atoms with Gasteiger partial charge >= 0.3 is 23.9 Å². The van der Waals surface area contributed by atoms with Crippen LogP contribution in [0.25, 0.3) is 0 Å². The average Bonchev–Trinajstić information content (AvgIpc) is 2.92. The van der Waals surface area contributed by atoms with E-state index in [0.29, 0.717) is 23.7 Å². The van der Waals surface area contributed by atoms with Crippen molar-refractivity contribution in [3.8, 4) is 0 Å². The highest BCUT2D eigenvalue weighted by molar-refractivity contribution is 5.85. The quantitative estimate of drug-likeness (QED) is 0.195. The van der Waals surface area contributed by atoms with Gasteiger partial charge in [0.05, 0.1) is 24.5 Å². The number of aromatic carboxylic acids is 2. The van der Waals surface area contributed by atoms with Crippen molar-refractivity contribution in [2.75, 3.05) is 19.6 Å². The summed E-state index contributed by atoms with van der Waals surface area (Å²) in [6.07, 6.45) is 0.350. The largest absolute Gasteiger partial charge is 0.480 e. The molecule has 0 fully saturated rings. The standard InChI is InChI=1S/C30H34N4O8/c1-19(2)21-11-9-20(10-12-21)13-24(34(18-28(37)38)15-23-6-4-8-26(32-23)30(41)42)16-33(17-27(35)36)14-22-5-3-7-25(31-22)29(39)40/h3-12,19,24H,13-18H2,1-2H3,(H,35,36)(H,37,38)(H,39,40)(H,41,42)/t24-/m0/s1. The fraction of sp³-hybridized carbons (Fsp3) is 0.333. The van der Waals surface area contributed by atoms with E-state index >= 15 is 0 Å². The molecule has 0 radical (unpaired) electrons. The topological polar surface area (TPSA) is 181 Å². The highest BCUT2D eigenvalue weighted by Crippen LogP contribution is 2.19. The lowest BCUT2D eigenvalue weighted by molar-refractivity contribution is -0.141. The molecule has 0 saturated carbocycles. The first kappa shape index (κ1) is 31.8. The minimum absolute atomic E-state index is 0.00384. The number of pyridine rings is 2. The van der Waals surface area contributed by atoms with Crippen LogP contribution in [0.1, 0.15) is 63.3 Å². The lowest BCUT2D eigenvalue weighted by Gasteiger charge is -2.34. The van der Waals surface area contributed by atoms with Crippen molar-refractivity contribution in [1.29, 1.82) is 0 Å². The maximum Gasteiger partial charge on any atom is 0.354 e. The van der Waals surface area contributed by atoms with Crippen molar-refractivity contribution in [3.05, 3.63) is 94.6 Å². The maximum atomic E-state index is 12.0. The van der Waals surface area contributed by atoms with Gasteiger partial charge in [-0.3, -0.25) is 19.4 Å². The minimum Gasteiger partial charge on any atom is -0.480 e. The Morgan fingerprint density at radius 1 is 0.714 bits per heavy atom. The zero-order valence-corrected chi connectivity index (χ0v) is 23.4. The number of benzene rings is 1.